The lowest BCUT2D eigenvalue weighted by atomic mass is 10.1. The van der Waals surface area contributed by atoms with Gasteiger partial charge in [-0.2, -0.15) is 0 Å². The van der Waals surface area contributed by atoms with Crippen molar-refractivity contribution in [3.05, 3.63) is 77.4 Å². The number of hydrogen-bond acceptors (Lipinski definition) is 3. The number of aryl methyl sites for hydroxylation is 1. The molecule has 0 radical (unpaired) electrons. The second kappa shape index (κ2) is 8.78. The predicted octanol–water partition coefficient (Wildman–Crippen LogP) is 5.43. The number of benzene rings is 2. The minimum atomic E-state index is -0.129. The zero-order valence-corrected chi connectivity index (χ0v) is 14.4. The third-order valence-electron chi connectivity index (χ3n) is 3.94. The molecule has 0 heterocycles. The fraction of sp³-hybridized carbons (Fsp3) is 0.182. The molecule has 0 amide bonds. The fourth-order valence-electron chi connectivity index (χ4n) is 2.42. The Morgan fingerprint density at radius 2 is 1.60 bits per heavy atom. The molecule has 130 valence electrons. The highest BCUT2D eigenvalue weighted by molar-refractivity contribution is 5.57. The van der Waals surface area contributed by atoms with Crippen LogP contribution in [-0.2, 0) is 6.42 Å². The first kappa shape index (κ1) is 18.4. The van der Waals surface area contributed by atoms with Crippen LogP contribution in [0.4, 0.5) is 0 Å². The summed E-state index contributed by atoms with van der Waals surface area (Å²) in [5.41, 5.74) is 3.82. The van der Waals surface area contributed by atoms with Crippen molar-refractivity contribution in [3.8, 4) is 17.2 Å². The average molecular weight is 336 g/mol. The number of hydrogen-bond donors (Lipinski definition) is 3. The lowest BCUT2D eigenvalue weighted by Gasteiger charge is -2.02. The van der Waals surface area contributed by atoms with Gasteiger partial charge in [-0.1, -0.05) is 55.5 Å². The Labute approximate surface area is 148 Å². The Bertz CT molecular complexity index is 801. The summed E-state index contributed by atoms with van der Waals surface area (Å²) in [6, 6.07) is 10.3. The first-order chi connectivity index (χ1) is 12.0. The van der Waals surface area contributed by atoms with E-state index in [1.807, 2.05) is 37.3 Å². The first-order valence-electron chi connectivity index (χ1n) is 8.36. The van der Waals surface area contributed by atoms with Crippen LogP contribution in [0.25, 0.3) is 12.2 Å². The molecule has 2 aromatic carbocycles. The van der Waals surface area contributed by atoms with E-state index >= 15 is 0 Å². The van der Waals surface area contributed by atoms with Crippen molar-refractivity contribution in [2.24, 2.45) is 0 Å². The topological polar surface area (TPSA) is 60.7 Å². The van der Waals surface area contributed by atoms with E-state index in [4.69, 9.17) is 0 Å². The Hall–Kier alpha value is -2.94. The maximum absolute atomic E-state index is 9.69. The largest absolute Gasteiger partial charge is 0.508 e. The monoisotopic (exact) mass is 336 g/mol. The molecule has 3 N–H and O–H groups in total. The average Bonchev–Trinajstić information content (AvgIpc) is 2.61. The Morgan fingerprint density at radius 3 is 2.28 bits per heavy atom. The van der Waals surface area contributed by atoms with Crippen molar-refractivity contribution in [1.29, 1.82) is 0 Å². The van der Waals surface area contributed by atoms with E-state index in [-0.39, 0.29) is 11.5 Å². The number of phenolic OH excluding ortho intramolecular Hbond substituents is 3. The zero-order valence-electron chi connectivity index (χ0n) is 14.4. The quantitative estimate of drug-likeness (QED) is 0.467. The SMILES string of the molecule is C=C(/C=C/c1ccc(O)c(O)c1)CC/C=C/c1ccc(O)c(CC)c1. The molecule has 0 aliphatic rings. The second-order valence-corrected chi connectivity index (χ2v) is 5.92. The van der Waals surface area contributed by atoms with E-state index in [0.717, 1.165) is 41.5 Å². The van der Waals surface area contributed by atoms with Gasteiger partial charge in [-0.15, -0.1) is 0 Å². The van der Waals surface area contributed by atoms with Gasteiger partial charge in [-0.25, -0.2) is 0 Å². The molecule has 3 nitrogen and oxygen atoms in total. The number of phenols is 3. The van der Waals surface area contributed by atoms with Gasteiger partial charge in [-0.3, -0.25) is 0 Å². The van der Waals surface area contributed by atoms with E-state index in [2.05, 4.69) is 12.7 Å². The highest BCUT2D eigenvalue weighted by Gasteiger charge is 1.99. The first-order valence-corrected chi connectivity index (χ1v) is 8.36. The lowest BCUT2D eigenvalue weighted by Crippen LogP contribution is -1.83. The fourth-order valence-corrected chi connectivity index (χ4v) is 2.42. The van der Waals surface area contributed by atoms with Crippen molar-refractivity contribution in [1.82, 2.24) is 0 Å². The normalized spacial score (nSPS) is 11.4. The molecule has 0 atom stereocenters. The van der Waals surface area contributed by atoms with E-state index in [0.29, 0.717) is 5.75 Å². The van der Waals surface area contributed by atoms with Crippen LogP contribution in [-0.4, -0.2) is 15.3 Å². The molecule has 0 saturated heterocycles. The minimum Gasteiger partial charge on any atom is -0.508 e. The summed E-state index contributed by atoms with van der Waals surface area (Å²) in [6.07, 6.45) is 10.4. The third-order valence-corrected chi connectivity index (χ3v) is 3.94. The number of rotatable bonds is 7. The standard InChI is InChI=1S/C22H24O3/c1-3-19-14-17(10-12-20(19)23)7-5-4-6-16(2)8-9-18-11-13-21(24)22(25)15-18/h5,7-15,23-25H,2-4,6H2,1H3/b7-5+,9-8+. The van der Waals surface area contributed by atoms with Crippen molar-refractivity contribution in [2.75, 3.05) is 0 Å². The highest BCUT2D eigenvalue weighted by atomic mass is 16.3. The van der Waals surface area contributed by atoms with Crippen LogP contribution in [0, 0.1) is 0 Å². The summed E-state index contributed by atoms with van der Waals surface area (Å²) in [6.45, 7) is 6.05. The molecule has 0 unspecified atom stereocenters. The predicted molar refractivity (Wildman–Crippen MR) is 104 cm³/mol. The van der Waals surface area contributed by atoms with Crippen molar-refractivity contribution in [2.45, 2.75) is 26.2 Å². The molecule has 0 aliphatic heterocycles. The van der Waals surface area contributed by atoms with Gasteiger partial charge in [0.15, 0.2) is 11.5 Å². The molecule has 0 fully saturated rings. The molecule has 25 heavy (non-hydrogen) atoms. The van der Waals surface area contributed by atoms with E-state index in [9.17, 15) is 15.3 Å². The molecule has 0 bridgehead atoms. The summed E-state index contributed by atoms with van der Waals surface area (Å²) in [4.78, 5) is 0. The van der Waals surface area contributed by atoms with Gasteiger partial charge in [-0.05, 0) is 60.2 Å². The van der Waals surface area contributed by atoms with Gasteiger partial charge in [0.1, 0.15) is 5.75 Å². The van der Waals surface area contributed by atoms with Gasteiger partial charge in [0.05, 0.1) is 0 Å². The Balaban J connectivity index is 1.85. The molecule has 2 rings (SSSR count). The molecule has 0 aromatic heterocycles. The second-order valence-electron chi connectivity index (χ2n) is 5.92. The van der Waals surface area contributed by atoms with Crippen molar-refractivity contribution in [3.63, 3.8) is 0 Å². The maximum atomic E-state index is 9.69. The molecule has 0 spiro atoms. The van der Waals surface area contributed by atoms with Crippen molar-refractivity contribution < 1.29 is 15.3 Å². The molecule has 2 aromatic rings. The van der Waals surface area contributed by atoms with Crippen LogP contribution in [0.3, 0.4) is 0 Å². The highest BCUT2D eigenvalue weighted by Crippen LogP contribution is 2.25. The van der Waals surface area contributed by atoms with Gasteiger partial charge in [0.2, 0.25) is 0 Å². The Kier molecular flexibility index (Phi) is 6.47. The molecular weight excluding hydrogens is 312 g/mol. The minimum absolute atomic E-state index is 0.124. The van der Waals surface area contributed by atoms with Crippen LogP contribution >= 0.6 is 0 Å². The van der Waals surface area contributed by atoms with E-state index in [1.54, 1.807) is 12.1 Å². The van der Waals surface area contributed by atoms with Gasteiger partial charge < -0.3 is 15.3 Å². The summed E-state index contributed by atoms with van der Waals surface area (Å²) < 4.78 is 0. The zero-order chi connectivity index (χ0) is 18.2. The summed E-state index contributed by atoms with van der Waals surface area (Å²) in [5.74, 6) is 0.0936. The number of allylic oxidation sites excluding steroid dienone is 3. The van der Waals surface area contributed by atoms with Crippen LogP contribution in [0.1, 0.15) is 36.5 Å². The lowest BCUT2D eigenvalue weighted by molar-refractivity contribution is 0.403. The summed E-state index contributed by atoms with van der Waals surface area (Å²) >= 11 is 0. The van der Waals surface area contributed by atoms with E-state index in [1.165, 1.54) is 12.1 Å². The summed E-state index contributed by atoms with van der Waals surface area (Å²) in [7, 11) is 0. The molecule has 3 heteroatoms. The Morgan fingerprint density at radius 1 is 0.920 bits per heavy atom. The smallest absolute Gasteiger partial charge is 0.157 e. The molecule has 0 saturated carbocycles. The number of aromatic hydroxyl groups is 3. The van der Waals surface area contributed by atoms with Crippen LogP contribution < -0.4 is 0 Å². The molecule has 0 aliphatic carbocycles. The van der Waals surface area contributed by atoms with Gasteiger partial charge in [0, 0.05) is 0 Å². The van der Waals surface area contributed by atoms with Gasteiger partial charge in [0.25, 0.3) is 0 Å². The van der Waals surface area contributed by atoms with Crippen LogP contribution in [0.5, 0.6) is 17.2 Å². The third kappa shape index (κ3) is 5.57. The van der Waals surface area contributed by atoms with Crippen LogP contribution in [0.15, 0.2) is 60.7 Å². The summed E-state index contributed by atoms with van der Waals surface area (Å²) in [5, 5.41) is 28.5. The maximum Gasteiger partial charge on any atom is 0.157 e. The van der Waals surface area contributed by atoms with Gasteiger partial charge >= 0.3 is 0 Å². The van der Waals surface area contributed by atoms with Crippen LogP contribution in [0.2, 0.25) is 0 Å². The molecular formula is C22H24O3. The van der Waals surface area contributed by atoms with Crippen molar-refractivity contribution >= 4 is 12.2 Å². The van der Waals surface area contributed by atoms with E-state index < -0.39 is 0 Å².